The smallest absolute Gasteiger partial charge is 0.302 e. The Labute approximate surface area is 77.9 Å². The van der Waals surface area contributed by atoms with Gasteiger partial charge in [-0.2, -0.15) is 0 Å². The van der Waals surface area contributed by atoms with Gasteiger partial charge in [-0.25, -0.2) is 0 Å². The molecule has 0 bridgehead atoms. The Bertz CT molecular complexity index is 179. The summed E-state index contributed by atoms with van der Waals surface area (Å²) in [6, 6.07) is 0. The van der Waals surface area contributed by atoms with Crippen molar-refractivity contribution in [1.82, 2.24) is 0 Å². The number of esters is 1. The van der Waals surface area contributed by atoms with Gasteiger partial charge in [-0.05, 0) is 5.53 Å². The zero-order valence-corrected chi connectivity index (χ0v) is 8.19. The van der Waals surface area contributed by atoms with Crippen molar-refractivity contribution in [2.24, 2.45) is 5.11 Å². The predicted molar refractivity (Wildman–Crippen MR) is 48.5 cm³/mol. The molecule has 0 fully saturated rings. The monoisotopic (exact) mass is 269 g/mol. The van der Waals surface area contributed by atoms with E-state index in [0.717, 1.165) is 0 Å². The van der Waals surface area contributed by atoms with Crippen molar-refractivity contribution >= 4 is 28.6 Å². The second kappa shape index (κ2) is 6.23. The van der Waals surface area contributed by atoms with Gasteiger partial charge in [0.1, 0.15) is 6.61 Å². The first kappa shape index (κ1) is 10.5. The Morgan fingerprint density at radius 1 is 1.91 bits per heavy atom. The van der Waals surface area contributed by atoms with E-state index < -0.39 is 0 Å². The molecule has 0 aromatic carbocycles. The molecule has 62 valence electrons. The minimum absolute atomic E-state index is 0.0624. The van der Waals surface area contributed by atoms with Crippen LogP contribution in [-0.2, 0) is 9.53 Å². The summed E-state index contributed by atoms with van der Waals surface area (Å²) in [5, 5.41) is 3.33. The van der Waals surface area contributed by atoms with Crippen LogP contribution < -0.4 is 0 Å². The predicted octanol–water partition coefficient (Wildman–Crippen LogP) is 1.66. The maximum atomic E-state index is 10.3. The lowest BCUT2D eigenvalue weighted by Crippen LogP contribution is -2.13. The van der Waals surface area contributed by atoms with E-state index in [4.69, 9.17) is 5.53 Å². The van der Waals surface area contributed by atoms with Gasteiger partial charge in [0.25, 0.3) is 0 Å². The van der Waals surface area contributed by atoms with Crippen molar-refractivity contribution in [3.05, 3.63) is 10.4 Å². The lowest BCUT2D eigenvalue weighted by atomic mass is 10.5. The molecule has 0 aliphatic rings. The third-order valence-electron chi connectivity index (χ3n) is 0.810. The van der Waals surface area contributed by atoms with Gasteiger partial charge >= 0.3 is 5.97 Å². The third-order valence-corrected chi connectivity index (χ3v) is 1.56. The molecule has 0 N–H and O–H groups in total. The average molecular weight is 269 g/mol. The molecular weight excluding hydrogens is 261 g/mol. The normalized spacial score (nSPS) is 11.5. The SMILES string of the molecule is CC(=O)OCC(I)CN=[N+]=[N-]. The van der Waals surface area contributed by atoms with Gasteiger partial charge in [0, 0.05) is 18.4 Å². The lowest BCUT2D eigenvalue weighted by Gasteiger charge is -2.04. The molecule has 11 heavy (non-hydrogen) atoms. The van der Waals surface area contributed by atoms with Crippen molar-refractivity contribution < 1.29 is 9.53 Å². The summed E-state index contributed by atoms with van der Waals surface area (Å²) >= 11 is 2.06. The van der Waals surface area contributed by atoms with E-state index in [2.05, 4.69) is 37.4 Å². The molecule has 0 spiro atoms. The van der Waals surface area contributed by atoms with E-state index in [1.807, 2.05) is 0 Å². The lowest BCUT2D eigenvalue weighted by molar-refractivity contribution is -0.140. The highest BCUT2D eigenvalue weighted by molar-refractivity contribution is 14.1. The molecule has 6 heteroatoms. The number of halogens is 1. The summed E-state index contributed by atoms with van der Waals surface area (Å²) in [4.78, 5) is 12.9. The number of carbonyl (C=O) groups is 1. The molecule has 0 aromatic rings. The number of hydrogen-bond acceptors (Lipinski definition) is 3. The van der Waals surface area contributed by atoms with E-state index >= 15 is 0 Å². The second-order valence-corrected chi connectivity index (χ2v) is 3.57. The van der Waals surface area contributed by atoms with Crippen molar-refractivity contribution in [1.29, 1.82) is 0 Å². The van der Waals surface area contributed by atoms with Crippen LogP contribution in [0.2, 0.25) is 0 Å². The maximum absolute atomic E-state index is 10.3. The zero-order valence-electron chi connectivity index (χ0n) is 6.03. The molecule has 1 atom stereocenters. The third kappa shape index (κ3) is 7.41. The Morgan fingerprint density at radius 2 is 2.55 bits per heavy atom. The Hall–Kier alpha value is -0.490. The fraction of sp³-hybridized carbons (Fsp3) is 0.800. The van der Waals surface area contributed by atoms with Crippen LogP contribution in [0.15, 0.2) is 5.11 Å². The van der Waals surface area contributed by atoms with Crippen LogP contribution in [0.1, 0.15) is 6.92 Å². The summed E-state index contributed by atoms with van der Waals surface area (Å²) in [7, 11) is 0. The summed E-state index contributed by atoms with van der Waals surface area (Å²) < 4.78 is 4.73. The topological polar surface area (TPSA) is 75.1 Å². The summed E-state index contributed by atoms with van der Waals surface area (Å²) in [6.07, 6.45) is 0. The van der Waals surface area contributed by atoms with Gasteiger partial charge < -0.3 is 4.74 Å². The number of azide groups is 1. The minimum Gasteiger partial charge on any atom is -0.465 e. The Kier molecular flexibility index (Phi) is 5.96. The number of nitrogens with zero attached hydrogens (tertiary/aromatic N) is 3. The van der Waals surface area contributed by atoms with Crippen LogP contribution >= 0.6 is 22.6 Å². The van der Waals surface area contributed by atoms with Crippen molar-refractivity contribution in [2.75, 3.05) is 13.2 Å². The molecule has 0 aliphatic carbocycles. The molecule has 0 amide bonds. The van der Waals surface area contributed by atoms with E-state index in [1.54, 1.807) is 0 Å². The van der Waals surface area contributed by atoms with Crippen LogP contribution in [0.5, 0.6) is 0 Å². The minimum atomic E-state index is -0.312. The number of carbonyl (C=O) groups excluding carboxylic acids is 1. The molecular formula is C5H8IN3O2. The average Bonchev–Trinajstić information content (AvgIpc) is 1.97. The quantitative estimate of drug-likeness (QED) is 0.194. The number of rotatable bonds is 4. The summed E-state index contributed by atoms with van der Waals surface area (Å²) in [5.41, 5.74) is 7.94. The first-order valence-corrected chi connectivity index (χ1v) is 4.19. The molecule has 0 heterocycles. The molecule has 0 aliphatic heterocycles. The standard InChI is InChI=1S/C5H8IN3O2/c1-4(10)11-3-5(6)2-8-9-7/h5H,2-3H2,1H3. The van der Waals surface area contributed by atoms with E-state index in [0.29, 0.717) is 13.2 Å². The first-order valence-electron chi connectivity index (χ1n) is 2.95. The zero-order chi connectivity index (χ0) is 8.69. The van der Waals surface area contributed by atoms with Gasteiger partial charge in [-0.15, -0.1) is 0 Å². The number of hydrogen-bond donors (Lipinski definition) is 0. The molecule has 0 aromatic heterocycles. The van der Waals surface area contributed by atoms with Gasteiger partial charge in [0.05, 0.1) is 3.92 Å². The van der Waals surface area contributed by atoms with Crippen LogP contribution in [0.4, 0.5) is 0 Å². The highest BCUT2D eigenvalue weighted by atomic mass is 127. The highest BCUT2D eigenvalue weighted by Crippen LogP contribution is 2.01. The number of ether oxygens (including phenoxy) is 1. The largest absolute Gasteiger partial charge is 0.465 e. The molecule has 1 unspecified atom stereocenters. The van der Waals surface area contributed by atoms with E-state index in [9.17, 15) is 4.79 Å². The fourth-order valence-corrected chi connectivity index (χ4v) is 0.742. The fourth-order valence-electron chi connectivity index (χ4n) is 0.386. The molecule has 0 rings (SSSR count). The van der Waals surface area contributed by atoms with Gasteiger partial charge in [0.2, 0.25) is 0 Å². The summed E-state index contributed by atoms with van der Waals surface area (Å²) in [6.45, 7) is 2.00. The van der Waals surface area contributed by atoms with Crippen molar-refractivity contribution in [3.8, 4) is 0 Å². The van der Waals surface area contributed by atoms with Gasteiger partial charge in [0.15, 0.2) is 0 Å². The van der Waals surface area contributed by atoms with E-state index in [1.165, 1.54) is 6.92 Å². The van der Waals surface area contributed by atoms with Crippen LogP contribution in [0, 0.1) is 0 Å². The Morgan fingerprint density at radius 3 is 3.00 bits per heavy atom. The van der Waals surface area contributed by atoms with Crippen LogP contribution in [0.3, 0.4) is 0 Å². The Balaban J connectivity index is 3.44. The molecule has 0 saturated heterocycles. The first-order chi connectivity index (χ1) is 5.16. The number of alkyl halides is 1. The summed E-state index contributed by atoms with van der Waals surface area (Å²) in [5.74, 6) is -0.312. The molecule has 0 saturated carbocycles. The molecule has 5 nitrogen and oxygen atoms in total. The van der Waals surface area contributed by atoms with Crippen molar-refractivity contribution in [2.45, 2.75) is 10.8 Å². The van der Waals surface area contributed by atoms with E-state index in [-0.39, 0.29) is 9.89 Å². The highest BCUT2D eigenvalue weighted by Gasteiger charge is 2.03. The maximum Gasteiger partial charge on any atom is 0.302 e. The van der Waals surface area contributed by atoms with Gasteiger partial charge in [-0.1, -0.05) is 27.7 Å². The second-order valence-electron chi connectivity index (χ2n) is 1.81. The van der Waals surface area contributed by atoms with Crippen LogP contribution in [0.25, 0.3) is 10.4 Å². The van der Waals surface area contributed by atoms with Crippen LogP contribution in [-0.4, -0.2) is 23.0 Å². The molecule has 0 radical (unpaired) electrons. The van der Waals surface area contributed by atoms with Crippen molar-refractivity contribution in [3.63, 3.8) is 0 Å². The van der Waals surface area contributed by atoms with Gasteiger partial charge in [-0.3, -0.25) is 4.79 Å².